The lowest BCUT2D eigenvalue weighted by atomic mass is 10.1. The molecule has 0 amide bonds. The Morgan fingerprint density at radius 2 is 1.70 bits per heavy atom. The van der Waals surface area contributed by atoms with Gasteiger partial charge < -0.3 is 0 Å². The Labute approximate surface area is 133 Å². The molecule has 0 saturated heterocycles. The molecule has 0 unspecified atom stereocenters. The molecule has 0 heterocycles. The molecule has 0 aliphatic carbocycles. The second kappa shape index (κ2) is 6.85. The molecule has 2 aromatic rings. The lowest BCUT2D eigenvalue weighted by Crippen LogP contribution is -2.14. The van der Waals surface area contributed by atoms with Crippen molar-refractivity contribution < 1.29 is 17.5 Å². The number of ketones is 1. The Hall–Kier alpha value is -2.98. The van der Waals surface area contributed by atoms with Crippen LogP contribution >= 0.6 is 0 Å². The number of benzene rings is 2. The van der Waals surface area contributed by atoms with Gasteiger partial charge in [-0.1, -0.05) is 48.0 Å². The third-order valence-corrected chi connectivity index (χ3v) is 4.01. The first kappa shape index (κ1) is 16.4. The topological polar surface area (TPSA) is 96.6 Å². The minimum atomic E-state index is -4.19. The van der Waals surface area contributed by atoms with Gasteiger partial charge in [-0.3, -0.25) is 9.08 Å². The van der Waals surface area contributed by atoms with Gasteiger partial charge in [0.15, 0.2) is 0 Å². The monoisotopic (exact) mass is 328 g/mol. The maximum atomic E-state index is 12.0. The van der Waals surface area contributed by atoms with Crippen LogP contribution in [0, 0.1) is 18.3 Å². The van der Waals surface area contributed by atoms with Crippen LogP contribution in [0.15, 0.2) is 64.6 Å². The van der Waals surface area contributed by atoms with Crippen molar-refractivity contribution in [1.82, 2.24) is 0 Å². The Kier molecular flexibility index (Phi) is 4.88. The molecule has 0 N–H and O–H groups in total. The first-order valence-electron chi connectivity index (χ1n) is 6.52. The number of rotatable bonds is 5. The van der Waals surface area contributed by atoms with E-state index in [1.165, 1.54) is 24.3 Å². The number of Topliss-reactive ketones (excluding diaryl/α,β-unsaturated/α-hetero) is 1. The largest absolute Gasteiger partial charge is 0.358 e. The molecule has 7 heteroatoms. The van der Waals surface area contributed by atoms with Crippen molar-refractivity contribution in [2.75, 3.05) is 0 Å². The van der Waals surface area contributed by atoms with Crippen molar-refractivity contribution in [1.29, 1.82) is 5.26 Å². The molecule has 0 saturated carbocycles. The van der Waals surface area contributed by atoms with Gasteiger partial charge in [0.25, 0.3) is 0 Å². The highest BCUT2D eigenvalue weighted by molar-refractivity contribution is 7.86. The van der Waals surface area contributed by atoms with Gasteiger partial charge in [-0.15, -0.1) is 0 Å². The van der Waals surface area contributed by atoms with Gasteiger partial charge in [0.1, 0.15) is 11.0 Å². The second-order valence-electron chi connectivity index (χ2n) is 4.59. The summed E-state index contributed by atoms with van der Waals surface area (Å²) in [5.74, 6) is -0.716. The number of carbonyl (C=O) groups excluding carboxylic acids is 1. The number of carbonyl (C=O) groups is 1. The lowest BCUT2D eigenvalue weighted by molar-refractivity contribution is 0.106. The predicted octanol–water partition coefficient (Wildman–Crippen LogP) is 2.46. The van der Waals surface area contributed by atoms with E-state index >= 15 is 0 Å². The van der Waals surface area contributed by atoms with E-state index in [1.807, 2.05) is 6.92 Å². The van der Waals surface area contributed by atoms with Gasteiger partial charge in [-0.05, 0) is 24.2 Å². The van der Waals surface area contributed by atoms with Gasteiger partial charge in [0.2, 0.25) is 11.5 Å². The molecule has 0 bridgehead atoms. The zero-order valence-corrected chi connectivity index (χ0v) is 12.9. The van der Waals surface area contributed by atoms with Gasteiger partial charge >= 0.3 is 10.1 Å². The molecule has 0 aliphatic rings. The van der Waals surface area contributed by atoms with Crippen molar-refractivity contribution in [2.45, 2.75) is 11.8 Å². The smallest absolute Gasteiger partial charge is 0.286 e. The van der Waals surface area contributed by atoms with E-state index < -0.39 is 21.6 Å². The standard InChI is InChI=1S/C16H12N2O4S/c1-12-7-9-14(10-8-12)23(20,21)22-18-15(11-17)16(19)13-5-3-2-4-6-13/h2-10H,1H3. The van der Waals surface area contributed by atoms with Gasteiger partial charge in [0, 0.05) is 5.56 Å². The highest BCUT2D eigenvalue weighted by atomic mass is 32.2. The molecule has 0 spiro atoms. The summed E-state index contributed by atoms with van der Waals surface area (Å²) < 4.78 is 28.4. The predicted molar refractivity (Wildman–Crippen MR) is 83.3 cm³/mol. The Morgan fingerprint density at radius 1 is 1.09 bits per heavy atom. The van der Waals surface area contributed by atoms with Crippen LogP contribution < -0.4 is 0 Å². The molecule has 6 nitrogen and oxygen atoms in total. The van der Waals surface area contributed by atoms with Crippen molar-refractivity contribution in [3.8, 4) is 6.07 Å². The summed E-state index contributed by atoms with van der Waals surface area (Å²) in [7, 11) is -4.19. The summed E-state index contributed by atoms with van der Waals surface area (Å²) >= 11 is 0. The molecule has 0 fully saturated rings. The third-order valence-electron chi connectivity index (χ3n) is 2.89. The Morgan fingerprint density at radius 3 is 2.26 bits per heavy atom. The minimum Gasteiger partial charge on any atom is -0.286 e. The van der Waals surface area contributed by atoms with Crippen LogP contribution in [-0.4, -0.2) is 19.9 Å². The van der Waals surface area contributed by atoms with Gasteiger partial charge in [0.05, 0.1) is 0 Å². The van der Waals surface area contributed by atoms with E-state index in [0.29, 0.717) is 0 Å². The van der Waals surface area contributed by atoms with Crippen LogP contribution in [0.3, 0.4) is 0 Å². The zero-order valence-electron chi connectivity index (χ0n) is 12.1. The van der Waals surface area contributed by atoms with E-state index in [9.17, 15) is 13.2 Å². The van der Waals surface area contributed by atoms with E-state index in [0.717, 1.165) is 5.56 Å². The molecule has 2 rings (SSSR count). The summed E-state index contributed by atoms with van der Waals surface area (Å²) in [6.07, 6.45) is 0. The van der Waals surface area contributed by atoms with Crippen LogP contribution in [0.1, 0.15) is 15.9 Å². The molecule has 0 radical (unpaired) electrons. The summed E-state index contributed by atoms with van der Waals surface area (Å²) in [4.78, 5) is 11.9. The molecular weight excluding hydrogens is 316 g/mol. The summed E-state index contributed by atoms with van der Waals surface area (Å²) in [5.41, 5.74) is 0.445. The number of nitrogens with zero attached hydrogens (tertiary/aromatic N) is 2. The van der Waals surface area contributed by atoms with E-state index in [1.54, 1.807) is 36.4 Å². The van der Waals surface area contributed by atoms with E-state index in [-0.39, 0.29) is 10.5 Å². The number of aryl methyl sites for hydroxylation is 1. The first-order chi connectivity index (χ1) is 10.9. The molecular formula is C16H12N2O4S. The number of nitriles is 1. The fourth-order valence-corrected chi connectivity index (χ4v) is 2.40. The number of hydrogen-bond donors (Lipinski definition) is 0. The quantitative estimate of drug-likeness (QED) is 0.477. The first-order valence-corrected chi connectivity index (χ1v) is 7.93. The summed E-state index contributed by atoms with van der Waals surface area (Å²) in [6, 6.07) is 15.4. The maximum Gasteiger partial charge on any atom is 0.358 e. The Balaban J connectivity index is 2.24. The average molecular weight is 328 g/mol. The molecule has 0 aliphatic heterocycles. The van der Waals surface area contributed by atoms with Crippen molar-refractivity contribution >= 4 is 21.6 Å². The fourth-order valence-electron chi connectivity index (χ4n) is 1.67. The van der Waals surface area contributed by atoms with Crippen LogP contribution in [-0.2, 0) is 14.4 Å². The fraction of sp³-hybridized carbons (Fsp3) is 0.0625. The number of hydrogen-bond acceptors (Lipinski definition) is 6. The number of oxime groups is 1. The SMILES string of the molecule is Cc1ccc(S(=O)(=O)ON=C(C#N)C(=O)c2ccccc2)cc1. The van der Waals surface area contributed by atoms with Gasteiger partial charge in [-0.25, -0.2) is 0 Å². The molecule has 2 aromatic carbocycles. The van der Waals surface area contributed by atoms with Crippen molar-refractivity contribution in [3.63, 3.8) is 0 Å². The summed E-state index contributed by atoms with van der Waals surface area (Å²) in [6.45, 7) is 1.81. The molecule has 116 valence electrons. The van der Waals surface area contributed by atoms with Crippen molar-refractivity contribution in [2.24, 2.45) is 5.16 Å². The minimum absolute atomic E-state index is 0.115. The normalized spacial score (nSPS) is 11.6. The van der Waals surface area contributed by atoms with E-state index in [2.05, 4.69) is 9.44 Å². The second-order valence-corrected chi connectivity index (χ2v) is 6.12. The van der Waals surface area contributed by atoms with Gasteiger partial charge in [-0.2, -0.15) is 13.7 Å². The highest BCUT2D eigenvalue weighted by Gasteiger charge is 2.19. The van der Waals surface area contributed by atoms with Crippen LogP contribution in [0.25, 0.3) is 0 Å². The molecule has 23 heavy (non-hydrogen) atoms. The molecule has 0 aromatic heterocycles. The van der Waals surface area contributed by atoms with E-state index in [4.69, 9.17) is 5.26 Å². The maximum absolute atomic E-state index is 12.0. The van der Waals surface area contributed by atoms with Crippen molar-refractivity contribution in [3.05, 3.63) is 65.7 Å². The van der Waals surface area contributed by atoms with Crippen LogP contribution in [0.5, 0.6) is 0 Å². The zero-order chi connectivity index (χ0) is 16.9. The Bertz CT molecular complexity index is 880. The highest BCUT2D eigenvalue weighted by Crippen LogP contribution is 2.14. The molecule has 0 atom stereocenters. The van der Waals surface area contributed by atoms with Crippen LogP contribution in [0.2, 0.25) is 0 Å². The summed E-state index contributed by atoms with van der Waals surface area (Å²) in [5, 5.41) is 12.2. The average Bonchev–Trinajstić information content (AvgIpc) is 2.56. The lowest BCUT2D eigenvalue weighted by Gasteiger charge is -2.02. The third kappa shape index (κ3) is 4.02. The van der Waals surface area contributed by atoms with Crippen LogP contribution in [0.4, 0.5) is 0 Å².